The summed E-state index contributed by atoms with van der Waals surface area (Å²) < 4.78 is 13.4. The summed E-state index contributed by atoms with van der Waals surface area (Å²) >= 11 is 5.64. The van der Waals surface area contributed by atoms with E-state index in [4.69, 9.17) is 17.3 Å². The van der Waals surface area contributed by atoms with Gasteiger partial charge < -0.3 is 16.2 Å². The molecule has 0 radical (unpaired) electrons. The summed E-state index contributed by atoms with van der Waals surface area (Å²) in [6.45, 7) is 0.0245. The van der Waals surface area contributed by atoms with Crippen LogP contribution in [0.3, 0.4) is 0 Å². The van der Waals surface area contributed by atoms with Crippen molar-refractivity contribution in [2.75, 3.05) is 17.7 Å². The molecule has 0 bridgehead atoms. The zero-order valence-corrected chi connectivity index (χ0v) is 10.2. The van der Waals surface area contributed by atoms with Gasteiger partial charge in [-0.05, 0) is 18.9 Å². The van der Waals surface area contributed by atoms with Gasteiger partial charge in [0.2, 0.25) is 0 Å². The van der Waals surface area contributed by atoms with Crippen molar-refractivity contribution in [1.82, 2.24) is 0 Å². The number of halogens is 2. The Morgan fingerprint density at radius 2 is 2.06 bits per heavy atom. The van der Waals surface area contributed by atoms with E-state index in [2.05, 4.69) is 5.32 Å². The average Bonchev–Trinajstić information content (AvgIpc) is 2.75. The maximum absolute atomic E-state index is 13.4. The van der Waals surface area contributed by atoms with E-state index in [-0.39, 0.29) is 17.2 Å². The molecule has 5 heteroatoms. The Bertz CT molecular complexity index is 419. The Balaban J connectivity index is 2.26. The summed E-state index contributed by atoms with van der Waals surface area (Å²) in [4.78, 5) is 0. The van der Waals surface area contributed by atoms with E-state index in [1.165, 1.54) is 12.1 Å². The Morgan fingerprint density at radius 3 is 2.65 bits per heavy atom. The van der Waals surface area contributed by atoms with Crippen molar-refractivity contribution in [3.8, 4) is 0 Å². The Kier molecular flexibility index (Phi) is 3.45. The third-order valence-electron chi connectivity index (χ3n) is 3.36. The third kappa shape index (κ3) is 2.48. The van der Waals surface area contributed by atoms with Crippen LogP contribution in [0, 0.1) is 5.82 Å². The molecule has 0 aliphatic heterocycles. The fourth-order valence-corrected chi connectivity index (χ4v) is 2.50. The van der Waals surface area contributed by atoms with Crippen LogP contribution >= 0.6 is 11.6 Å². The second kappa shape index (κ2) is 4.70. The number of nitrogens with two attached hydrogens (primary N) is 1. The van der Waals surface area contributed by atoms with Crippen LogP contribution in [0.5, 0.6) is 0 Å². The largest absolute Gasteiger partial charge is 0.397 e. The van der Waals surface area contributed by atoms with Crippen LogP contribution in [-0.4, -0.2) is 17.3 Å². The van der Waals surface area contributed by atoms with Gasteiger partial charge in [0.05, 0.1) is 28.5 Å². The molecule has 1 aliphatic rings. The molecule has 0 atom stereocenters. The average molecular weight is 259 g/mol. The SMILES string of the molecule is Nc1cc(Cl)c(F)cc1NC1(CO)CCCC1. The molecule has 2 rings (SSSR count). The first-order valence-electron chi connectivity index (χ1n) is 5.70. The van der Waals surface area contributed by atoms with E-state index in [1.54, 1.807) is 0 Å². The standard InChI is InChI=1S/C12H16ClFN2O/c13-8-5-10(15)11(6-9(8)14)16-12(7-17)3-1-2-4-12/h5-6,16-17H,1-4,7,15H2. The highest BCUT2D eigenvalue weighted by Crippen LogP contribution is 2.35. The molecule has 4 N–H and O–H groups in total. The molecule has 0 heterocycles. The van der Waals surface area contributed by atoms with Crippen LogP contribution in [0.2, 0.25) is 5.02 Å². The molecular weight excluding hydrogens is 243 g/mol. The van der Waals surface area contributed by atoms with Crippen molar-refractivity contribution < 1.29 is 9.50 Å². The maximum atomic E-state index is 13.4. The minimum Gasteiger partial charge on any atom is -0.397 e. The van der Waals surface area contributed by atoms with Crippen molar-refractivity contribution in [3.63, 3.8) is 0 Å². The van der Waals surface area contributed by atoms with Gasteiger partial charge in [-0.15, -0.1) is 0 Å². The molecule has 0 amide bonds. The van der Waals surface area contributed by atoms with Gasteiger partial charge in [-0.3, -0.25) is 0 Å². The third-order valence-corrected chi connectivity index (χ3v) is 3.65. The fourth-order valence-electron chi connectivity index (χ4n) is 2.33. The van der Waals surface area contributed by atoms with Gasteiger partial charge in [0.1, 0.15) is 5.82 Å². The Labute approximate surface area is 105 Å². The number of aliphatic hydroxyl groups excluding tert-OH is 1. The van der Waals surface area contributed by atoms with E-state index in [0.29, 0.717) is 11.4 Å². The first-order valence-corrected chi connectivity index (χ1v) is 6.08. The lowest BCUT2D eigenvalue weighted by atomic mass is 9.98. The van der Waals surface area contributed by atoms with Gasteiger partial charge in [-0.1, -0.05) is 24.4 Å². The number of aliphatic hydroxyl groups is 1. The summed E-state index contributed by atoms with van der Waals surface area (Å²) in [5, 5.41) is 12.6. The smallest absolute Gasteiger partial charge is 0.143 e. The van der Waals surface area contributed by atoms with E-state index >= 15 is 0 Å². The zero-order chi connectivity index (χ0) is 12.5. The summed E-state index contributed by atoms with van der Waals surface area (Å²) in [7, 11) is 0. The van der Waals surface area contributed by atoms with E-state index < -0.39 is 5.82 Å². The molecule has 0 aromatic heterocycles. The number of nitrogens with one attached hydrogen (secondary N) is 1. The summed E-state index contributed by atoms with van der Waals surface area (Å²) in [5.74, 6) is -0.505. The second-order valence-electron chi connectivity index (χ2n) is 4.62. The van der Waals surface area contributed by atoms with Gasteiger partial charge in [0, 0.05) is 6.07 Å². The molecule has 1 fully saturated rings. The van der Waals surface area contributed by atoms with Crippen LogP contribution in [0.1, 0.15) is 25.7 Å². The van der Waals surface area contributed by atoms with Gasteiger partial charge in [-0.2, -0.15) is 0 Å². The highest BCUT2D eigenvalue weighted by Gasteiger charge is 2.33. The maximum Gasteiger partial charge on any atom is 0.143 e. The minimum atomic E-state index is -0.505. The molecular formula is C12H16ClFN2O. The lowest BCUT2D eigenvalue weighted by Crippen LogP contribution is -2.39. The van der Waals surface area contributed by atoms with Crippen molar-refractivity contribution in [1.29, 1.82) is 0 Å². The lowest BCUT2D eigenvalue weighted by Gasteiger charge is -2.30. The topological polar surface area (TPSA) is 58.3 Å². The normalized spacial score (nSPS) is 18.3. The molecule has 3 nitrogen and oxygen atoms in total. The van der Waals surface area contributed by atoms with Crippen LogP contribution < -0.4 is 11.1 Å². The number of hydrogen-bond donors (Lipinski definition) is 3. The quantitative estimate of drug-likeness (QED) is 0.731. The van der Waals surface area contributed by atoms with Crippen molar-refractivity contribution in [2.24, 2.45) is 0 Å². The monoisotopic (exact) mass is 258 g/mol. The predicted molar refractivity (Wildman–Crippen MR) is 67.7 cm³/mol. The molecule has 0 unspecified atom stereocenters. The fraction of sp³-hybridized carbons (Fsp3) is 0.500. The highest BCUT2D eigenvalue weighted by atomic mass is 35.5. The summed E-state index contributed by atoms with van der Waals surface area (Å²) in [6, 6.07) is 2.67. The van der Waals surface area contributed by atoms with Crippen LogP contribution in [0.25, 0.3) is 0 Å². The summed E-state index contributed by atoms with van der Waals surface area (Å²) in [6.07, 6.45) is 3.85. The van der Waals surface area contributed by atoms with E-state index in [9.17, 15) is 9.50 Å². The molecule has 0 spiro atoms. The molecule has 94 valence electrons. The van der Waals surface area contributed by atoms with Crippen molar-refractivity contribution >= 4 is 23.0 Å². The zero-order valence-electron chi connectivity index (χ0n) is 9.47. The lowest BCUT2D eigenvalue weighted by molar-refractivity contribution is 0.214. The van der Waals surface area contributed by atoms with E-state index in [0.717, 1.165) is 25.7 Å². The number of benzene rings is 1. The van der Waals surface area contributed by atoms with Gasteiger partial charge in [-0.25, -0.2) is 4.39 Å². The summed E-state index contributed by atoms with van der Waals surface area (Å²) in [5.41, 5.74) is 6.32. The number of rotatable bonds is 3. The first kappa shape index (κ1) is 12.5. The molecule has 1 aliphatic carbocycles. The highest BCUT2D eigenvalue weighted by molar-refractivity contribution is 6.31. The van der Waals surface area contributed by atoms with Gasteiger partial charge >= 0.3 is 0 Å². The van der Waals surface area contributed by atoms with Gasteiger partial charge in [0.25, 0.3) is 0 Å². The molecule has 1 saturated carbocycles. The van der Waals surface area contributed by atoms with E-state index in [1.807, 2.05) is 0 Å². The molecule has 1 aromatic carbocycles. The predicted octanol–water partition coefficient (Wildman–Crippen LogP) is 2.78. The van der Waals surface area contributed by atoms with Crippen LogP contribution in [-0.2, 0) is 0 Å². The first-order chi connectivity index (χ1) is 8.06. The molecule has 0 saturated heterocycles. The van der Waals surface area contributed by atoms with Gasteiger partial charge in [0.15, 0.2) is 0 Å². The number of nitrogen functional groups attached to an aromatic ring is 1. The molecule has 17 heavy (non-hydrogen) atoms. The number of anilines is 2. The Hall–Kier alpha value is -1.00. The van der Waals surface area contributed by atoms with Crippen molar-refractivity contribution in [3.05, 3.63) is 23.0 Å². The second-order valence-corrected chi connectivity index (χ2v) is 5.03. The van der Waals surface area contributed by atoms with Crippen LogP contribution in [0.15, 0.2) is 12.1 Å². The van der Waals surface area contributed by atoms with Crippen LogP contribution in [0.4, 0.5) is 15.8 Å². The Morgan fingerprint density at radius 1 is 1.41 bits per heavy atom. The van der Waals surface area contributed by atoms with Crippen molar-refractivity contribution in [2.45, 2.75) is 31.2 Å². The number of hydrogen-bond acceptors (Lipinski definition) is 3. The molecule has 1 aromatic rings. The minimum absolute atomic E-state index is 0.0116.